The van der Waals surface area contributed by atoms with Gasteiger partial charge in [-0.15, -0.1) is 0 Å². The van der Waals surface area contributed by atoms with Gasteiger partial charge < -0.3 is 17.7 Å². The van der Waals surface area contributed by atoms with E-state index in [-0.39, 0.29) is 57.9 Å². The van der Waals surface area contributed by atoms with Crippen LogP contribution in [0.5, 0.6) is 0 Å². The second kappa shape index (κ2) is 29.4. The van der Waals surface area contributed by atoms with Gasteiger partial charge in [0, 0.05) is 50.2 Å². The van der Waals surface area contributed by atoms with E-state index in [4.69, 9.17) is 17.7 Å². The van der Waals surface area contributed by atoms with Crippen molar-refractivity contribution in [3.63, 3.8) is 0 Å². The molecule has 0 rings (SSSR count). The van der Waals surface area contributed by atoms with Crippen molar-refractivity contribution in [3.05, 3.63) is 0 Å². The van der Waals surface area contributed by atoms with E-state index in [0.29, 0.717) is 0 Å². The molecule has 0 aliphatic heterocycles. The molecule has 0 heterocycles. The molecular formula is C12H36O4Si4Ti. The Bertz CT molecular complexity index is 121. The SMILES string of the molecule is CO[Si](C)C.CO[Si](C)C.CO[Si](C)C.CO[Si](C)C.[Ti]. The fraction of sp³-hybridized carbons (Fsp3) is 1.00. The van der Waals surface area contributed by atoms with Gasteiger partial charge in [0.1, 0.15) is 0 Å². The molecule has 4 nitrogen and oxygen atoms in total. The van der Waals surface area contributed by atoms with Crippen LogP contribution in [0.25, 0.3) is 0 Å². The van der Waals surface area contributed by atoms with Crippen LogP contribution in [0.15, 0.2) is 0 Å². The van der Waals surface area contributed by atoms with Gasteiger partial charge in [-0.2, -0.15) is 0 Å². The first-order valence-electron chi connectivity index (χ1n) is 6.45. The molecule has 0 bridgehead atoms. The van der Waals surface area contributed by atoms with E-state index in [0.717, 1.165) is 0 Å². The second-order valence-corrected chi connectivity index (χ2v) is 13.3. The van der Waals surface area contributed by atoms with Crippen molar-refractivity contribution in [2.45, 2.75) is 52.4 Å². The molecule has 9 heteroatoms. The van der Waals surface area contributed by atoms with Gasteiger partial charge in [-0.1, -0.05) is 0 Å². The Kier molecular flexibility index (Phi) is 47.5. The van der Waals surface area contributed by atoms with Crippen LogP contribution in [0.4, 0.5) is 0 Å². The maximum absolute atomic E-state index is 4.85. The van der Waals surface area contributed by atoms with Crippen LogP contribution in [-0.2, 0) is 39.4 Å². The molecule has 21 heavy (non-hydrogen) atoms. The Morgan fingerprint density at radius 2 is 0.429 bits per heavy atom. The molecule has 0 aromatic carbocycles. The Balaban J connectivity index is -0.0000000533. The van der Waals surface area contributed by atoms with Crippen molar-refractivity contribution >= 4 is 36.2 Å². The predicted octanol–water partition coefficient (Wildman–Crippen LogP) is 3.53. The predicted molar refractivity (Wildman–Crippen MR) is 98.0 cm³/mol. The average molecular weight is 405 g/mol. The molecular weight excluding hydrogens is 368 g/mol. The van der Waals surface area contributed by atoms with Crippen molar-refractivity contribution < 1.29 is 39.4 Å². The molecule has 128 valence electrons. The fourth-order valence-corrected chi connectivity index (χ4v) is 0. The van der Waals surface area contributed by atoms with Crippen LogP contribution in [0.1, 0.15) is 0 Å². The molecule has 0 unspecified atom stereocenters. The largest absolute Gasteiger partial charge is 0.420 e. The minimum absolute atomic E-state index is 0. The van der Waals surface area contributed by atoms with E-state index in [2.05, 4.69) is 52.4 Å². The van der Waals surface area contributed by atoms with Crippen molar-refractivity contribution in [3.8, 4) is 0 Å². The number of rotatable bonds is 4. The van der Waals surface area contributed by atoms with Gasteiger partial charge in [0.2, 0.25) is 36.2 Å². The summed E-state index contributed by atoms with van der Waals surface area (Å²) in [6.07, 6.45) is 0. The smallest absolute Gasteiger partial charge is 0.204 e. The zero-order valence-electron chi connectivity index (χ0n) is 16.1. The normalized spacial score (nSPS) is 9.14. The first kappa shape index (κ1) is 33.9. The maximum Gasteiger partial charge on any atom is 0.204 e. The fourth-order valence-electron chi connectivity index (χ4n) is 0. The summed E-state index contributed by atoms with van der Waals surface area (Å²) >= 11 is 0. The first-order valence-corrected chi connectivity index (χ1v) is 16.1. The molecule has 0 saturated heterocycles. The minimum Gasteiger partial charge on any atom is -0.420 e. The van der Waals surface area contributed by atoms with Crippen molar-refractivity contribution in [2.24, 2.45) is 0 Å². The second-order valence-electron chi connectivity index (χ2n) is 4.45. The molecule has 0 amide bonds. The average Bonchev–Trinajstić information content (AvgIpc) is 2.40. The summed E-state index contributed by atoms with van der Waals surface area (Å²) in [5.74, 6) is 0. The summed E-state index contributed by atoms with van der Waals surface area (Å²) in [7, 11) is 5.48. The van der Waals surface area contributed by atoms with Gasteiger partial charge in [-0.25, -0.2) is 0 Å². The third-order valence-electron chi connectivity index (χ3n) is 1.63. The monoisotopic (exact) mass is 404 g/mol. The van der Waals surface area contributed by atoms with Gasteiger partial charge in [-0.05, 0) is 52.4 Å². The number of hydrogen-bond acceptors (Lipinski definition) is 4. The zero-order chi connectivity index (χ0) is 17.1. The molecule has 0 N–H and O–H groups in total. The Hall–Kier alpha value is 1.42. The van der Waals surface area contributed by atoms with E-state index >= 15 is 0 Å². The van der Waals surface area contributed by atoms with Gasteiger partial charge in [0.05, 0.1) is 0 Å². The quantitative estimate of drug-likeness (QED) is 0.672. The van der Waals surface area contributed by atoms with Crippen LogP contribution in [0.3, 0.4) is 0 Å². The summed E-state index contributed by atoms with van der Waals surface area (Å²) in [6, 6.07) is 0. The van der Waals surface area contributed by atoms with E-state index in [1.165, 1.54) is 0 Å². The summed E-state index contributed by atoms with van der Waals surface area (Å²) in [5, 5.41) is 0. The standard InChI is InChI=1S/4C3H9OSi.Ti/c4*1-4-5(2)3;/h4*1-3H3;. The maximum atomic E-state index is 4.85. The summed E-state index contributed by atoms with van der Waals surface area (Å²) in [6.45, 7) is 16.8. The summed E-state index contributed by atoms with van der Waals surface area (Å²) < 4.78 is 19.4. The van der Waals surface area contributed by atoms with E-state index in [1.807, 2.05) is 0 Å². The molecule has 0 aliphatic carbocycles. The molecule has 0 aliphatic rings. The Morgan fingerprint density at radius 3 is 0.429 bits per heavy atom. The molecule has 0 spiro atoms. The van der Waals surface area contributed by atoms with Crippen molar-refractivity contribution in [2.75, 3.05) is 28.4 Å². The molecule has 4 radical (unpaired) electrons. The molecule has 0 aromatic rings. The van der Waals surface area contributed by atoms with Gasteiger partial charge in [0.15, 0.2) is 0 Å². The Morgan fingerprint density at radius 1 is 0.381 bits per heavy atom. The van der Waals surface area contributed by atoms with Crippen molar-refractivity contribution in [1.82, 2.24) is 0 Å². The van der Waals surface area contributed by atoms with E-state index < -0.39 is 0 Å². The van der Waals surface area contributed by atoms with Crippen molar-refractivity contribution in [1.29, 1.82) is 0 Å². The molecule has 0 atom stereocenters. The summed E-state index contributed by atoms with van der Waals surface area (Å²) in [5.41, 5.74) is 0. The third-order valence-corrected chi connectivity index (χ3v) is 4.90. The third kappa shape index (κ3) is 91.0. The first-order chi connectivity index (χ1) is 9.08. The van der Waals surface area contributed by atoms with Crippen LogP contribution in [-0.4, -0.2) is 64.6 Å². The van der Waals surface area contributed by atoms with Crippen LogP contribution < -0.4 is 0 Å². The molecule has 0 fully saturated rings. The van der Waals surface area contributed by atoms with Crippen LogP contribution >= 0.6 is 0 Å². The summed E-state index contributed by atoms with van der Waals surface area (Å²) in [4.78, 5) is 0. The van der Waals surface area contributed by atoms with Crippen LogP contribution in [0, 0.1) is 0 Å². The molecule has 0 aromatic heterocycles. The zero-order valence-corrected chi connectivity index (χ0v) is 21.7. The number of hydrogen-bond donors (Lipinski definition) is 0. The van der Waals surface area contributed by atoms with Gasteiger partial charge in [-0.3, -0.25) is 0 Å². The minimum atomic E-state index is -0.374. The Labute approximate surface area is 156 Å². The topological polar surface area (TPSA) is 36.9 Å². The van der Waals surface area contributed by atoms with E-state index in [9.17, 15) is 0 Å². The molecule has 0 saturated carbocycles. The van der Waals surface area contributed by atoms with E-state index in [1.54, 1.807) is 28.4 Å². The van der Waals surface area contributed by atoms with Gasteiger partial charge in [0.25, 0.3) is 0 Å². The van der Waals surface area contributed by atoms with Gasteiger partial charge >= 0.3 is 0 Å². The van der Waals surface area contributed by atoms with Crippen LogP contribution in [0.2, 0.25) is 52.4 Å².